The van der Waals surface area contributed by atoms with Gasteiger partial charge in [0.2, 0.25) is 0 Å². The normalized spacial score (nSPS) is 30.0. The minimum Gasteiger partial charge on any atom is -0.458 e. The molecule has 0 saturated heterocycles. The molecule has 0 spiro atoms. The molecule has 1 aliphatic rings. The van der Waals surface area contributed by atoms with E-state index >= 15 is 0 Å². The van der Waals surface area contributed by atoms with E-state index in [-0.39, 0.29) is 0 Å². The van der Waals surface area contributed by atoms with Gasteiger partial charge in [-0.05, 0) is 37.3 Å². The predicted molar refractivity (Wildman–Crippen MR) is 63.1 cm³/mol. The first-order chi connectivity index (χ1) is 7.67. The lowest BCUT2D eigenvalue weighted by molar-refractivity contribution is 0.0201. The van der Waals surface area contributed by atoms with Crippen LogP contribution in [0.25, 0.3) is 11.0 Å². The second-order valence-electron chi connectivity index (χ2n) is 5.03. The Balaban J connectivity index is 2.06. The van der Waals surface area contributed by atoms with E-state index in [9.17, 15) is 5.11 Å². The van der Waals surface area contributed by atoms with Gasteiger partial charge in [0.25, 0.3) is 0 Å². The number of furan rings is 1. The van der Waals surface area contributed by atoms with Crippen LogP contribution in [-0.4, -0.2) is 5.11 Å². The molecule has 1 N–H and O–H groups in total. The first kappa shape index (κ1) is 9.91. The number of benzene rings is 1. The van der Waals surface area contributed by atoms with Crippen LogP contribution in [0, 0.1) is 5.92 Å². The largest absolute Gasteiger partial charge is 0.458 e. The average Bonchev–Trinajstić information content (AvgIpc) is 2.83. The molecular formula is C14H16O2. The highest BCUT2D eigenvalue weighted by atomic mass is 16.4. The number of hydrogen-bond donors (Lipinski definition) is 1. The topological polar surface area (TPSA) is 33.4 Å². The van der Waals surface area contributed by atoms with Gasteiger partial charge in [0.1, 0.15) is 16.9 Å². The molecule has 84 valence electrons. The van der Waals surface area contributed by atoms with E-state index in [1.165, 1.54) is 0 Å². The molecule has 1 heterocycles. The summed E-state index contributed by atoms with van der Waals surface area (Å²) in [6, 6.07) is 9.89. The second-order valence-corrected chi connectivity index (χ2v) is 5.03. The van der Waals surface area contributed by atoms with E-state index in [0.29, 0.717) is 5.92 Å². The molecular weight excluding hydrogens is 200 g/mol. The Morgan fingerprint density at radius 1 is 1.38 bits per heavy atom. The van der Waals surface area contributed by atoms with Gasteiger partial charge >= 0.3 is 0 Å². The lowest BCUT2D eigenvalue weighted by atomic mass is 9.97. The smallest absolute Gasteiger partial charge is 0.136 e. The first-order valence-electron chi connectivity index (χ1n) is 5.89. The summed E-state index contributed by atoms with van der Waals surface area (Å²) in [6.07, 6.45) is 2.70. The van der Waals surface area contributed by atoms with Crippen molar-refractivity contribution in [2.45, 2.75) is 31.8 Å². The first-order valence-corrected chi connectivity index (χ1v) is 5.89. The summed E-state index contributed by atoms with van der Waals surface area (Å²) in [6.45, 7) is 2.18. The summed E-state index contributed by atoms with van der Waals surface area (Å²) in [7, 11) is 0. The molecule has 0 bridgehead atoms. The Morgan fingerprint density at radius 2 is 2.19 bits per heavy atom. The number of rotatable bonds is 1. The molecule has 16 heavy (non-hydrogen) atoms. The van der Waals surface area contributed by atoms with Crippen LogP contribution < -0.4 is 0 Å². The Bertz CT molecular complexity index is 481. The van der Waals surface area contributed by atoms with Gasteiger partial charge in [-0.25, -0.2) is 0 Å². The molecule has 2 atom stereocenters. The summed E-state index contributed by atoms with van der Waals surface area (Å²) >= 11 is 0. The van der Waals surface area contributed by atoms with Crippen molar-refractivity contribution in [1.29, 1.82) is 0 Å². The average molecular weight is 216 g/mol. The van der Waals surface area contributed by atoms with Crippen LogP contribution in [0.3, 0.4) is 0 Å². The third-order valence-electron chi connectivity index (χ3n) is 3.62. The van der Waals surface area contributed by atoms with Crippen LogP contribution >= 0.6 is 0 Å². The van der Waals surface area contributed by atoms with Gasteiger partial charge in [-0.15, -0.1) is 0 Å². The van der Waals surface area contributed by atoms with Crippen LogP contribution in [0.5, 0.6) is 0 Å². The Hall–Kier alpha value is -1.28. The van der Waals surface area contributed by atoms with E-state index < -0.39 is 5.60 Å². The summed E-state index contributed by atoms with van der Waals surface area (Å²) in [5.41, 5.74) is 0.129. The zero-order valence-corrected chi connectivity index (χ0v) is 9.44. The minimum absolute atomic E-state index is 0.582. The maximum atomic E-state index is 10.5. The van der Waals surface area contributed by atoms with Crippen molar-refractivity contribution in [2.75, 3.05) is 0 Å². The second kappa shape index (κ2) is 3.36. The van der Waals surface area contributed by atoms with Crippen molar-refractivity contribution in [2.24, 2.45) is 5.92 Å². The molecule has 2 heteroatoms. The maximum Gasteiger partial charge on any atom is 0.136 e. The summed E-state index contributed by atoms with van der Waals surface area (Å²) in [5.74, 6) is 1.32. The van der Waals surface area contributed by atoms with Gasteiger partial charge in [0, 0.05) is 5.39 Å². The molecule has 2 aromatic rings. The molecule has 3 rings (SSSR count). The SMILES string of the molecule is CC1CCC(O)(c2cc3ccccc3o2)C1. The highest BCUT2D eigenvalue weighted by Gasteiger charge is 2.39. The lowest BCUT2D eigenvalue weighted by Gasteiger charge is -2.19. The van der Waals surface area contributed by atoms with Gasteiger partial charge in [-0.3, -0.25) is 0 Å². The molecule has 1 saturated carbocycles. The standard InChI is InChI=1S/C14H16O2/c1-10-6-7-14(15,9-10)13-8-11-4-2-3-5-12(11)16-13/h2-5,8,10,15H,6-7,9H2,1H3. The fraction of sp³-hybridized carbons (Fsp3) is 0.429. The van der Waals surface area contributed by atoms with Crippen molar-refractivity contribution in [3.05, 3.63) is 36.1 Å². The monoisotopic (exact) mass is 216 g/mol. The van der Waals surface area contributed by atoms with Crippen molar-refractivity contribution in [3.63, 3.8) is 0 Å². The third kappa shape index (κ3) is 1.45. The van der Waals surface area contributed by atoms with Crippen LogP contribution in [0.2, 0.25) is 0 Å². The molecule has 1 fully saturated rings. The van der Waals surface area contributed by atoms with Gasteiger partial charge in [0.05, 0.1) is 0 Å². The summed E-state index contributed by atoms with van der Waals surface area (Å²) in [4.78, 5) is 0. The molecule has 0 amide bonds. The lowest BCUT2D eigenvalue weighted by Crippen LogP contribution is -2.20. The molecule has 0 radical (unpaired) electrons. The van der Waals surface area contributed by atoms with Crippen molar-refractivity contribution >= 4 is 11.0 Å². The van der Waals surface area contributed by atoms with Crippen molar-refractivity contribution < 1.29 is 9.52 Å². The fourth-order valence-corrected chi connectivity index (χ4v) is 2.70. The molecule has 1 aromatic carbocycles. The van der Waals surface area contributed by atoms with Crippen molar-refractivity contribution in [1.82, 2.24) is 0 Å². The zero-order chi connectivity index (χ0) is 11.2. The third-order valence-corrected chi connectivity index (χ3v) is 3.62. The zero-order valence-electron chi connectivity index (χ0n) is 9.44. The molecule has 0 aliphatic heterocycles. The quantitative estimate of drug-likeness (QED) is 0.792. The molecule has 2 unspecified atom stereocenters. The molecule has 2 nitrogen and oxygen atoms in total. The maximum absolute atomic E-state index is 10.5. The van der Waals surface area contributed by atoms with Gasteiger partial charge < -0.3 is 9.52 Å². The fourth-order valence-electron chi connectivity index (χ4n) is 2.70. The van der Waals surface area contributed by atoms with E-state index in [0.717, 1.165) is 36.0 Å². The van der Waals surface area contributed by atoms with Gasteiger partial charge in [-0.1, -0.05) is 25.1 Å². The van der Waals surface area contributed by atoms with Crippen LogP contribution in [0.4, 0.5) is 0 Å². The summed E-state index contributed by atoms with van der Waals surface area (Å²) in [5, 5.41) is 11.6. The Morgan fingerprint density at radius 3 is 2.88 bits per heavy atom. The molecule has 1 aliphatic carbocycles. The van der Waals surface area contributed by atoms with Crippen LogP contribution in [-0.2, 0) is 5.60 Å². The van der Waals surface area contributed by atoms with E-state index in [4.69, 9.17) is 4.42 Å². The number of aliphatic hydroxyl groups is 1. The Labute approximate surface area is 94.9 Å². The van der Waals surface area contributed by atoms with E-state index in [1.54, 1.807) is 0 Å². The minimum atomic E-state index is -0.738. The predicted octanol–water partition coefficient (Wildman–Crippen LogP) is 3.44. The van der Waals surface area contributed by atoms with Crippen LogP contribution in [0.15, 0.2) is 34.7 Å². The van der Waals surface area contributed by atoms with Crippen molar-refractivity contribution in [3.8, 4) is 0 Å². The highest BCUT2D eigenvalue weighted by Crippen LogP contribution is 2.43. The van der Waals surface area contributed by atoms with E-state index in [1.807, 2.05) is 30.3 Å². The van der Waals surface area contributed by atoms with Crippen LogP contribution in [0.1, 0.15) is 31.9 Å². The van der Waals surface area contributed by atoms with Gasteiger partial charge in [-0.2, -0.15) is 0 Å². The Kier molecular flexibility index (Phi) is 2.08. The molecule has 1 aromatic heterocycles. The summed E-state index contributed by atoms with van der Waals surface area (Å²) < 4.78 is 5.75. The highest BCUT2D eigenvalue weighted by molar-refractivity contribution is 5.77. The van der Waals surface area contributed by atoms with E-state index in [2.05, 4.69) is 6.92 Å². The number of hydrogen-bond acceptors (Lipinski definition) is 2. The number of para-hydroxylation sites is 1. The van der Waals surface area contributed by atoms with Gasteiger partial charge in [0.15, 0.2) is 0 Å². The number of fused-ring (bicyclic) bond motifs is 1.